The lowest BCUT2D eigenvalue weighted by Gasteiger charge is -2.34. The number of halogens is 2. The minimum Gasteiger partial charge on any atom is -0.497 e. The van der Waals surface area contributed by atoms with E-state index in [4.69, 9.17) is 32.7 Å². The van der Waals surface area contributed by atoms with Gasteiger partial charge < -0.3 is 19.7 Å². The van der Waals surface area contributed by atoms with Crippen molar-refractivity contribution in [2.45, 2.75) is 32.4 Å². The van der Waals surface area contributed by atoms with E-state index in [1.54, 1.807) is 24.3 Å². The Morgan fingerprint density at radius 2 is 1.62 bits per heavy atom. The second kappa shape index (κ2) is 15.1. The van der Waals surface area contributed by atoms with Gasteiger partial charge in [-0.25, -0.2) is 8.42 Å². The normalized spacial score (nSPS) is 11.9. The summed E-state index contributed by atoms with van der Waals surface area (Å²) in [6.07, 6.45) is 1.86. The molecule has 1 atom stereocenters. The van der Waals surface area contributed by atoms with Crippen molar-refractivity contribution in [2.75, 3.05) is 37.9 Å². The molecule has 3 aromatic carbocycles. The van der Waals surface area contributed by atoms with E-state index in [9.17, 15) is 18.0 Å². The van der Waals surface area contributed by atoms with Crippen molar-refractivity contribution >= 4 is 50.7 Å². The van der Waals surface area contributed by atoms with Crippen LogP contribution in [0.25, 0.3) is 0 Å². The van der Waals surface area contributed by atoms with Crippen molar-refractivity contribution in [1.29, 1.82) is 0 Å². The molecule has 0 unspecified atom stereocenters. The molecule has 1 N–H and O–H groups in total. The van der Waals surface area contributed by atoms with Gasteiger partial charge in [0.2, 0.25) is 21.8 Å². The topological polar surface area (TPSA) is 105 Å². The highest BCUT2D eigenvalue weighted by molar-refractivity contribution is 7.92. The Hall–Kier alpha value is -3.47. The highest BCUT2D eigenvalue weighted by atomic mass is 35.5. The molecule has 0 fully saturated rings. The fourth-order valence-electron chi connectivity index (χ4n) is 4.36. The number of anilines is 1. The summed E-state index contributed by atoms with van der Waals surface area (Å²) < 4.78 is 37.7. The summed E-state index contributed by atoms with van der Waals surface area (Å²) in [6, 6.07) is 17.8. The van der Waals surface area contributed by atoms with Gasteiger partial charge in [-0.05, 0) is 36.2 Å². The summed E-state index contributed by atoms with van der Waals surface area (Å²) in [5, 5.41) is 3.50. The van der Waals surface area contributed by atoms with Crippen LogP contribution in [0, 0.1) is 0 Å². The van der Waals surface area contributed by atoms with Crippen LogP contribution in [-0.2, 0) is 32.6 Å². The standard InChI is InChI=1S/C30H35Cl2N3O6S/c1-5-16-33-30(37)27(17-21-10-7-6-8-11-21)34(19-23-24(31)12-9-13-25(23)32)29(36)20-35(42(4,38)39)26-15-14-22(40-2)18-28(26)41-3/h6-15,18,27H,5,16-17,19-20H2,1-4H3,(H,33,37)/t27-/m0/s1. The number of nitrogens with zero attached hydrogens (tertiary/aromatic N) is 2. The number of carbonyl (C=O) groups excluding carboxylic acids is 2. The molecule has 42 heavy (non-hydrogen) atoms. The van der Waals surface area contributed by atoms with E-state index < -0.39 is 28.5 Å². The van der Waals surface area contributed by atoms with Crippen LogP contribution < -0.4 is 19.1 Å². The van der Waals surface area contributed by atoms with Crippen LogP contribution >= 0.6 is 23.2 Å². The number of sulfonamides is 1. The van der Waals surface area contributed by atoms with Gasteiger partial charge >= 0.3 is 0 Å². The van der Waals surface area contributed by atoms with Crippen LogP contribution in [0.2, 0.25) is 10.0 Å². The third kappa shape index (κ3) is 8.53. The summed E-state index contributed by atoms with van der Waals surface area (Å²) in [4.78, 5) is 29.2. The zero-order valence-electron chi connectivity index (χ0n) is 24.0. The molecule has 9 nitrogen and oxygen atoms in total. The van der Waals surface area contributed by atoms with Gasteiger partial charge in [0.1, 0.15) is 24.1 Å². The SMILES string of the molecule is CCCNC(=O)[C@H](Cc1ccccc1)N(Cc1c(Cl)cccc1Cl)C(=O)CN(c1ccc(OC)cc1OC)S(C)(=O)=O. The van der Waals surface area contributed by atoms with Crippen LogP contribution in [-0.4, -0.2) is 64.7 Å². The molecule has 0 saturated carbocycles. The van der Waals surface area contributed by atoms with Crippen LogP contribution in [0.5, 0.6) is 11.5 Å². The Kier molecular flexibility index (Phi) is 11.9. The Balaban J connectivity index is 2.12. The first-order valence-corrected chi connectivity index (χ1v) is 15.8. The molecule has 2 amide bonds. The molecule has 0 bridgehead atoms. The Morgan fingerprint density at radius 1 is 0.952 bits per heavy atom. The molecule has 0 saturated heterocycles. The third-order valence-electron chi connectivity index (χ3n) is 6.55. The summed E-state index contributed by atoms with van der Waals surface area (Å²) in [6.45, 7) is 1.57. The number of benzene rings is 3. The lowest BCUT2D eigenvalue weighted by atomic mass is 10.0. The van der Waals surface area contributed by atoms with Gasteiger partial charge in [0, 0.05) is 41.2 Å². The van der Waals surface area contributed by atoms with Crippen molar-refractivity contribution < 1.29 is 27.5 Å². The van der Waals surface area contributed by atoms with Gasteiger partial charge in [0.25, 0.3) is 0 Å². The molecular weight excluding hydrogens is 601 g/mol. The Bertz CT molecular complexity index is 1470. The molecule has 0 spiro atoms. The number of rotatable bonds is 14. The van der Waals surface area contributed by atoms with E-state index in [2.05, 4.69) is 5.32 Å². The second-order valence-corrected chi connectivity index (χ2v) is 12.2. The molecule has 3 rings (SSSR count). The minimum atomic E-state index is -3.99. The number of methoxy groups -OCH3 is 2. The van der Waals surface area contributed by atoms with Gasteiger partial charge in [0.05, 0.1) is 26.2 Å². The zero-order valence-corrected chi connectivity index (χ0v) is 26.3. The number of nitrogens with one attached hydrogen (secondary N) is 1. The maximum absolute atomic E-state index is 14.2. The fourth-order valence-corrected chi connectivity index (χ4v) is 5.73. The molecule has 0 aromatic heterocycles. The van der Waals surface area contributed by atoms with E-state index in [-0.39, 0.29) is 30.3 Å². The largest absolute Gasteiger partial charge is 0.497 e. The summed E-state index contributed by atoms with van der Waals surface area (Å²) in [5.74, 6) is -0.386. The van der Waals surface area contributed by atoms with Crippen LogP contribution in [0.1, 0.15) is 24.5 Å². The zero-order chi connectivity index (χ0) is 30.9. The number of carbonyl (C=O) groups is 2. The van der Waals surface area contributed by atoms with Gasteiger partial charge in [-0.3, -0.25) is 13.9 Å². The summed E-state index contributed by atoms with van der Waals surface area (Å²) in [5.41, 5.74) is 1.39. The van der Waals surface area contributed by atoms with Crippen molar-refractivity contribution in [2.24, 2.45) is 0 Å². The maximum Gasteiger partial charge on any atom is 0.244 e. The quantitative estimate of drug-likeness (QED) is 0.269. The monoisotopic (exact) mass is 635 g/mol. The number of hydrogen-bond donors (Lipinski definition) is 1. The van der Waals surface area contributed by atoms with Gasteiger partial charge in [-0.2, -0.15) is 0 Å². The number of ether oxygens (including phenoxy) is 2. The van der Waals surface area contributed by atoms with E-state index in [0.29, 0.717) is 34.3 Å². The van der Waals surface area contributed by atoms with Crippen LogP contribution in [0.15, 0.2) is 66.7 Å². The second-order valence-electron chi connectivity index (χ2n) is 9.53. The molecule has 0 radical (unpaired) electrons. The number of hydrogen-bond acceptors (Lipinski definition) is 6. The van der Waals surface area contributed by atoms with E-state index in [0.717, 1.165) is 16.1 Å². The number of amides is 2. The minimum absolute atomic E-state index is 0.133. The maximum atomic E-state index is 14.2. The highest BCUT2D eigenvalue weighted by Gasteiger charge is 2.34. The van der Waals surface area contributed by atoms with Crippen molar-refractivity contribution in [3.8, 4) is 11.5 Å². The van der Waals surface area contributed by atoms with Gasteiger partial charge in [0.15, 0.2) is 0 Å². The molecule has 0 aliphatic carbocycles. The summed E-state index contributed by atoms with van der Waals surface area (Å²) in [7, 11) is -1.13. The smallest absolute Gasteiger partial charge is 0.244 e. The predicted molar refractivity (Wildman–Crippen MR) is 166 cm³/mol. The average Bonchev–Trinajstić information content (AvgIpc) is 2.97. The summed E-state index contributed by atoms with van der Waals surface area (Å²) >= 11 is 13.0. The molecule has 226 valence electrons. The van der Waals surface area contributed by atoms with Crippen molar-refractivity contribution in [3.05, 3.63) is 87.9 Å². The van der Waals surface area contributed by atoms with Crippen molar-refractivity contribution in [3.63, 3.8) is 0 Å². The predicted octanol–water partition coefficient (Wildman–Crippen LogP) is 4.94. The average molecular weight is 637 g/mol. The lowest BCUT2D eigenvalue weighted by Crippen LogP contribution is -2.53. The molecule has 0 heterocycles. The lowest BCUT2D eigenvalue weighted by molar-refractivity contribution is -0.140. The first kappa shape index (κ1) is 33.0. The fraction of sp³-hybridized carbons (Fsp3) is 0.333. The molecule has 12 heteroatoms. The van der Waals surface area contributed by atoms with E-state index >= 15 is 0 Å². The molecule has 0 aliphatic heterocycles. The van der Waals surface area contributed by atoms with Crippen molar-refractivity contribution in [1.82, 2.24) is 10.2 Å². The Labute approximate surface area is 257 Å². The third-order valence-corrected chi connectivity index (χ3v) is 8.38. The highest BCUT2D eigenvalue weighted by Crippen LogP contribution is 2.34. The first-order chi connectivity index (χ1) is 20.0. The van der Waals surface area contributed by atoms with Crippen LogP contribution in [0.4, 0.5) is 5.69 Å². The van der Waals surface area contributed by atoms with Gasteiger partial charge in [-0.1, -0.05) is 66.5 Å². The van der Waals surface area contributed by atoms with Gasteiger partial charge in [-0.15, -0.1) is 0 Å². The molecule has 3 aromatic rings. The Morgan fingerprint density at radius 3 is 2.19 bits per heavy atom. The molecule has 0 aliphatic rings. The first-order valence-electron chi connectivity index (χ1n) is 13.2. The van der Waals surface area contributed by atoms with E-state index in [1.807, 2.05) is 37.3 Å². The van der Waals surface area contributed by atoms with E-state index in [1.165, 1.54) is 31.3 Å². The molecular formula is C30H35Cl2N3O6S. The van der Waals surface area contributed by atoms with Crippen LogP contribution in [0.3, 0.4) is 0 Å².